The van der Waals surface area contributed by atoms with Crippen LogP contribution in [0.5, 0.6) is 0 Å². The highest BCUT2D eigenvalue weighted by Gasteiger charge is 2.05. The van der Waals surface area contributed by atoms with Crippen LogP contribution in [0.15, 0.2) is 54.6 Å². The summed E-state index contributed by atoms with van der Waals surface area (Å²) in [4.78, 5) is 12.0. The van der Waals surface area contributed by atoms with Crippen molar-refractivity contribution in [3.05, 3.63) is 65.7 Å². The fraction of sp³-hybridized carbons (Fsp3) is 0.188. The maximum absolute atomic E-state index is 12.0. The molecule has 0 atom stereocenters. The van der Waals surface area contributed by atoms with Crippen LogP contribution in [0.4, 0.5) is 5.69 Å². The number of amides is 1. The number of nitrogens with one attached hydrogen (secondary N) is 1. The molecule has 0 aromatic heterocycles. The Labute approximate surface area is 118 Å². The Hall–Kier alpha value is -1.80. The summed E-state index contributed by atoms with van der Waals surface area (Å²) >= 11 is 5.69. The van der Waals surface area contributed by atoms with Crippen molar-refractivity contribution >= 4 is 23.2 Å². The monoisotopic (exact) mass is 273 g/mol. The summed E-state index contributed by atoms with van der Waals surface area (Å²) in [6.07, 6.45) is 1.87. The Morgan fingerprint density at radius 2 is 1.84 bits per heavy atom. The third-order valence-corrected chi connectivity index (χ3v) is 3.09. The molecule has 2 aromatic rings. The van der Waals surface area contributed by atoms with E-state index in [9.17, 15) is 4.79 Å². The van der Waals surface area contributed by atoms with E-state index in [0.717, 1.165) is 18.5 Å². The van der Waals surface area contributed by atoms with E-state index < -0.39 is 0 Å². The second kappa shape index (κ2) is 6.95. The molecule has 0 fully saturated rings. The zero-order valence-electron chi connectivity index (χ0n) is 10.6. The average molecular weight is 274 g/mol. The first-order valence-corrected chi connectivity index (χ1v) is 6.84. The quantitative estimate of drug-likeness (QED) is 0.816. The number of aryl methyl sites for hydroxylation is 1. The lowest BCUT2D eigenvalue weighted by atomic mass is 10.1. The molecule has 2 rings (SSSR count). The normalized spacial score (nSPS) is 10.2. The smallest absolute Gasteiger partial charge is 0.255 e. The molecule has 0 radical (unpaired) electrons. The lowest BCUT2D eigenvalue weighted by Crippen LogP contribution is -2.11. The lowest BCUT2D eigenvalue weighted by Gasteiger charge is -2.07. The molecule has 0 saturated carbocycles. The average Bonchev–Trinajstić information content (AvgIpc) is 2.46. The Kier molecular flexibility index (Phi) is 4.99. The minimum Gasteiger partial charge on any atom is -0.322 e. The second-order valence-corrected chi connectivity index (χ2v) is 4.69. The number of hydrogen-bond acceptors (Lipinski definition) is 1. The summed E-state index contributed by atoms with van der Waals surface area (Å²) in [7, 11) is 0. The van der Waals surface area contributed by atoms with E-state index in [0.29, 0.717) is 11.4 Å². The predicted octanol–water partition coefficient (Wildman–Crippen LogP) is 4.11. The fourth-order valence-corrected chi connectivity index (χ4v) is 2.00. The largest absolute Gasteiger partial charge is 0.322 e. The van der Waals surface area contributed by atoms with Gasteiger partial charge >= 0.3 is 0 Å². The van der Waals surface area contributed by atoms with Gasteiger partial charge in [0, 0.05) is 17.1 Å². The number of hydrogen-bond donors (Lipinski definition) is 1. The number of carbonyl (C=O) groups is 1. The lowest BCUT2D eigenvalue weighted by molar-refractivity contribution is 0.102. The highest BCUT2D eigenvalue weighted by Crippen LogP contribution is 2.14. The maximum Gasteiger partial charge on any atom is 0.255 e. The summed E-state index contributed by atoms with van der Waals surface area (Å²) in [5.74, 6) is 0.565. The van der Waals surface area contributed by atoms with Gasteiger partial charge in [0.1, 0.15) is 0 Å². The minimum absolute atomic E-state index is 0.0879. The SMILES string of the molecule is O=C(Nc1cccc(CCCCl)c1)c1ccccc1. The molecular weight excluding hydrogens is 258 g/mol. The second-order valence-electron chi connectivity index (χ2n) is 4.31. The van der Waals surface area contributed by atoms with E-state index in [4.69, 9.17) is 11.6 Å². The topological polar surface area (TPSA) is 29.1 Å². The third-order valence-electron chi connectivity index (χ3n) is 2.82. The molecule has 0 heterocycles. The van der Waals surface area contributed by atoms with Gasteiger partial charge in [-0.2, -0.15) is 0 Å². The Balaban J connectivity index is 2.05. The van der Waals surface area contributed by atoms with Crippen LogP contribution in [0.1, 0.15) is 22.3 Å². The van der Waals surface area contributed by atoms with Gasteiger partial charge in [0.15, 0.2) is 0 Å². The Bertz CT molecular complexity index is 539. The molecule has 3 heteroatoms. The molecule has 0 saturated heterocycles. The summed E-state index contributed by atoms with van der Waals surface area (Å²) < 4.78 is 0. The van der Waals surface area contributed by atoms with Crippen LogP contribution in [0.25, 0.3) is 0 Å². The van der Waals surface area contributed by atoms with Gasteiger partial charge in [-0.05, 0) is 42.7 Å². The summed E-state index contributed by atoms with van der Waals surface area (Å²) in [6.45, 7) is 0. The van der Waals surface area contributed by atoms with Crippen molar-refractivity contribution in [2.45, 2.75) is 12.8 Å². The van der Waals surface area contributed by atoms with Gasteiger partial charge < -0.3 is 5.32 Å². The van der Waals surface area contributed by atoms with Crippen LogP contribution < -0.4 is 5.32 Å². The van der Waals surface area contributed by atoms with Crippen LogP contribution in [-0.4, -0.2) is 11.8 Å². The van der Waals surface area contributed by atoms with Crippen molar-refractivity contribution in [1.82, 2.24) is 0 Å². The van der Waals surface area contributed by atoms with Crippen LogP contribution in [0, 0.1) is 0 Å². The molecule has 19 heavy (non-hydrogen) atoms. The van der Waals surface area contributed by atoms with Gasteiger partial charge in [-0.3, -0.25) is 4.79 Å². The minimum atomic E-state index is -0.0879. The van der Waals surface area contributed by atoms with Crippen molar-refractivity contribution in [2.24, 2.45) is 0 Å². The van der Waals surface area contributed by atoms with Gasteiger partial charge in [0.2, 0.25) is 0 Å². The van der Waals surface area contributed by atoms with Crippen molar-refractivity contribution < 1.29 is 4.79 Å². The molecule has 0 bridgehead atoms. The fourth-order valence-electron chi connectivity index (χ4n) is 1.87. The van der Waals surface area contributed by atoms with Crippen LogP contribution in [0.2, 0.25) is 0 Å². The third kappa shape index (κ3) is 4.11. The summed E-state index contributed by atoms with van der Waals surface area (Å²) in [5.41, 5.74) is 2.67. The molecule has 0 spiro atoms. The first kappa shape index (κ1) is 13.6. The van der Waals surface area contributed by atoms with E-state index >= 15 is 0 Å². The Morgan fingerprint density at radius 3 is 2.58 bits per heavy atom. The van der Waals surface area contributed by atoms with E-state index in [-0.39, 0.29) is 5.91 Å². The van der Waals surface area contributed by atoms with Crippen molar-refractivity contribution in [1.29, 1.82) is 0 Å². The van der Waals surface area contributed by atoms with Gasteiger partial charge in [0.05, 0.1) is 0 Å². The number of halogens is 1. The van der Waals surface area contributed by atoms with Gasteiger partial charge in [-0.25, -0.2) is 0 Å². The number of rotatable bonds is 5. The Morgan fingerprint density at radius 1 is 1.05 bits per heavy atom. The molecule has 2 aromatic carbocycles. The first-order valence-electron chi connectivity index (χ1n) is 6.31. The molecule has 0 aliphatic heterocycles. The van der Waals surface area contributed by atoms with Gasteiger partial charge in [-0.15, -0.1) is 11.6 Å². The molecule has 98 valence electrons. The van der Waals surface area contributed by atoms with Crippen LogP contribution in [0.3, 0.4) is 0 Å². The van der Waals surface area contributed by atoms with E-state index in [1.807, 2.05) is 42.5 Å². The molecule has 2 nitrogen and oxygen atoms in total. The van der Waals surface area contributed by atoms with Gasteiger partial charge in [-0.1, -0.05) is 30.3 Å². The zero-order chi connectivity index (χ0) is 13.5. The van der Waals surface area contributed by atoms with Crippen molar-refractivity contribution in [3.8, 4) is 0 Å². The van der Waals surface area contributed by atoms with Crippen molar-refractivity contribution in [3.63, 3.8) is 0 Å². The molecule has 1 N–H and O–H groups in total. The number of carbonyl (C=O) groups excluding carboxylic acids is 1. The standard InChI is InChI=1S/C16H16ClNO/c17-11-5-7-13-6-4-10-15(12-13)18-16(19)14-8-2-1-3-9-14/h1-4,6,8-10,12H,5,7,11H2,(H,18,19). The molecule has 0 aliphatic rings. The molecular formula is C16H16ClNO. The van der Waals surface area contributed by atoms with Crippen LogP contribution >= 0.6 is 11.6 Å². The van der Waals surface area contributed by atoms with Crippen LogP contribution in [-0.2, 0) is 6.42 Å². The van der Waals surface area contributed by atoms with E-state index in [2.05, 4.69) is 5.32 Å². The van der Waals surface area contributed by atoms with Gasteiger partial charge in [0.25, 0.3) is 5.91 Å². The number of anilines is 1. The van der Waals surface area contributed by atoms with Crippen molar-refractivity contribution in [2.75, 3.05) is 11.2 Å². The first-order chi connectivity index (χ1) is 9.29. The maximum atomic E-state index is 12.0. The summed E-state index contributed by atoms with van der Waals surface area (Å²) in [5, 5.41) is 2.90. The predicted molar refractivity (Wildman–Crippen MR) is 79.9 cm³/mol. The molecule has 1 amide bonds. The molecule has 0 aliphatic carbocycles. The zero-order valence-corrected chi connectivity index (χ0v) is 11.4. The van der Waals surface area contributed by atoms with E-state index in [1.165, 1.54) is 5.56 Å². The van der Waals surface area contributed by atoms with E-state index in [1.54, 1.807) is 12.1 Å². The summed E-state index contributed by atoms with van der Waals surface area (Å²) in [6, 6.07) is 17.1. The highest BCUT2D eigenvalue weighted by atomic mass is 35.5. The number of benzene rings is 2. The molecule has 0 unspecified atom stereocenters. The highest BCUT2D eigenvalue weighted by molar-refractivity contribution is 6.17. The number of alkyl halides is 1.